The molecule has 3 aliphatic heterocycles. The minimum absolute atomic E-state index is 0.0318. The predicted octanol–water partition coefficient (Wildman–Crippen LogP) is 2.13. The third-order valence-corrected chi connectivity index (χ3v) is 7.67. The molecule has 2 saturated heterocycles. The molecule has 1 aromatic carbocycles. The van der Waals surface area contributed by atoms with Crippen LogP contribution in [0.1, 0.15) is 31.0 Å². The Balaban J connectivity index is 1.50. The highest BCUT2D eigenvalue weighted by Gasteiger charge is 2.54. The highest BCUT2D eigenvalue weighted by molar-refractivity contribution is 5.83. The van der Waals surface area contributed by atoms with Crippen molar-refractivity contribution in [3.8, 4) is 16.9 Å². The standard InChI is InChI=1S/C25H31N3O4/c1-26-22-18(19(15-29)23(26)25(31)27-12-6-3-7-13-27)14-28-20(22)11-10-17(24(28)30)16-8-4-5-9-21(16)32-2/h4-5,8-11,18-19,22-23,29H,3,6-7,12-15H2,1-2H3/t18-,19-,22+,23-/m0/s1. The molecule has 0 spiro atoms. The van der Waals surface area contributed by atoms with Crippen molar-refractivity contribution in [2.24, 2.45) is 11.8 Å². The van der Waals surface area contributed by atoms with Crippen LogP contribution >= 0.6 is 0 Å². The third kappa shape index (κ3) is 3.18. The molecular weight excluding hydrogens is 406 g/mol. The van der Waals surface area contributed by atoms with E-state index in [1.807, 2.05) is 52.9 Å². The van der Waals surface area contributed by atoms with E-state index in [1.54, 1.807) is 7.11 Å². The molecule has 4 atom stereocenters. The first-order chi connectivity index (χ1) is 15.6. The summed E-state index contributed by atoms with van der Waals surface area (Å²) in [6.45, 7) is 2.06. The molecule has 1 aromatic heterocycles. The van der Waals surface area contributed by atoms with Crippen molar-refractivity contribution in [1.82, 2.24) is 14.4 Å². The largest absolute Gasteiger partial charge is 0.496 e. The Morgan fingerprint density at radius 3 is 2.56 bits per heavy atom. The second-order valence-electron chi connectivity index (χ2n) is 9.24. The molecule has 2 aromatic rings. The maximum atomic E-state index is 13.5. The normalized spacial score (nSPS) is 27.3. The van der Waals surface area contributed by atoms with Crippen LogP contribution in [-0.2, 0) is 11.3 Å². The van der Waals surface area contributed by atoms with Crippen molar-refractivity contribution in [3.63, 3.8) is 0 Å². The number of ether oxygens (including phenoxy) is 1. The fourth-order valence-electron chi connectivity index (χ4n) is 6.12. The van der Waals surface area contributed by atoms with Crippen LogP contribution in [0.5, 0.6) is 5.75 Å². The van der Waals surface area contributed by atoms with Crippen molar-refractivity contribution in [1.29, 1.82) is 0 Å². The van der Waals surface area contributed by atoms with Gasteiger partial charge in [0.1, 0.15) is 5.75 Å². The van der Waals surface area contributed by atoms with E-state index in [0.29, 0.717) is 17.9 Å². The molecule has 3 aliphatic rings. The SMILES string of the molecule is COc1ccccc1-c1ccc2n(c1=O)C[C@H]1[C@H](CO)[C@@H](C(=O)N3CCCCC3)N(C)[C@@H]21. The van der Waals surface area contributed by atoms with Gasteiger partial charge in [0, 0.05) is 49.3 Å². The van der Waals surface area contributed by atoms with Gasteiger partial charge in [-0.15, -0.1) is 0 Å². The van der Waals surface area contributed by atoms with E-state index < -0.39 is 0 Å². The summed E-state index contributed by atoms with van der Waals surface area (Å²) in [4.78, 5) is 30.9. The Kier molecular flexibility index (Phi) is 5.55. The zero-order chi connectivity index (χ0) is 22.4. The van der Waals surface area contributed by atoms with Gasteiger partial charge in [0.25, 0.3) is 5.56 Å². The molecule has 4 heterocycles. The molecule has 7 heteroatoms. The molecule has 0 bridgehead atoms. The number of piperidine rings is 1. The topological polar surface area (TPSA) is 75.0 Å². The number of aliphatic hydroxyl groups excluding tert-OH is 1. The van der Waals surface area contributed by atoms with Crippen molar-refractivity contribution < 1.29 is 14.6 Å². The molecule has 32 heavy (non-hydrogen) atoms. The molecule has 2 fully saturated rings. The van der Waals surface area contributed by atoms with Crippen molar-refractivity contribution in [3.05, 3.63) is 52.4 Å². The number of hydrogen-bond donors (Lipinski definition) is 1. The van der Waals surface area contributed by atoms with Crippen LogP contribution in [0.3, 0.4) is 0 Å². The van der Waals surface area contributed by atoms with E-state index in [2.05, 4.69) is 4.90 Å². The minimum Gasteiger partial charge on any atom is -0.496 e. The summed E-state index contributed by atoms with van der Waals surface area (Å²) in [6.07, 6.45) is 3.26. The Morgan fingerprint density at radius 1 is 1.09 bits per heavy atom. The van der Waals surface area contributed by atoms with Gasteiger partial charge in [-0.3, -0.25) is 14.5 Å². The number of pyridine rings is 1. The molecule has 7 nitrogen and oxygen atoms in total. The van der Waals surface area contributed by atoms with E-state index >= 15 is 0 Å². The first-order valence-corrected chi connectivity index (χ1v) is 11.6. The molecule has 1 amide bonds. The number of carbonyl (C=O) groups is 1. The van der Waals surface area contributed by atoms with E-state index in [9.17, 15) is 14.7 Å². The third-order valence-electron chi connectivity index (χ3n) is 7.67. The Morgan fingerprint density at radius 2 is 1.84 bits per heavy atom. The number of aliphatic hydroxyl groups is 1. The van der Waals surface area contributed by atoms with Gasteiger partial charge in [-0.25, -0.2) is 0 Å². The van der Waals surface area contributed by atoms with Gasteiger partial charge in [0.05, 0.1) is 24.8 Å². The molecule has 170 valence electrons. The Bertz CT molecular complexity index is 1080. The van der Waals surface area contributed by atoms with Crippen molar-refractivity contribution in [2.45, 2.75) is 37.9 Å². The molecule has 0 aliphatic carbocycles. The smallest absolute Gasteiger partial charge is 0.258 e. The average Bonchev–Trinajstić information content (AvgIpc) is 3.35. The summed E-state index contributed by atoms with van der Waals surface area (Å²) < 4.78 is 7.30. The number of rotatable bonds is 4. The van der Waals surface area contributed by atoms with Crippen molar-refractivity contribution in [2.75, 3.05) is 33.9 Å². The van der Waals surface area contributed by atoms with Crippen LogP contribution in [0.2, 0.25) is 0 Å². The monoisotopic (exact) mass is 437 g/mol. The average molecular weight is 438 g/mol. The number of amides is 1. The number of aromatic nitrogens is 1. The lowest BCUT2D eigenvalue weighted by molar-refractivity contribution is -0.138. The van der Waals surface area contributed by atoms with Gasteiger partial charge in [-0.2, -0.15) is 0 Å². The Hall–Kier alpha value is -2.64. The van der Waals surface area contributed by atoms with Gasteiger partial charge >= 0.3 is 0 Å². The van der Waals surface area contributed by atoms with Gasteiger partial charge in [-0.05, 0) is 44.5 Å². The number of carbonyl (C=O) groups excluding carboxylic acids is 1. The lowest BCUT2D eigenvalue weighted by Crippen LogP contribution is -2.50. The number of nitrogens with zero attached hydrogens (tertiary/aromatic N) is 3. The van der Waals surface area contributed by atoms with Crippen molar-refractivity contribution >= 4 is 5.91 Å². The number of likely N-dealkylation sites (N-methyl/N-ethyl adjacent to an activating group) is 1. The van der Waals surface area contributed by atoms with Crippen LogP contribution in [0.4, 0.5) is 0 Å². The summed E-state index contributed by atoms with van der Waals surface area (Å²) in [6, 6.07) is 11.0. The van der Waals surface area contributed by atoms with Crippen LogP contribution in [0, 0.1) is 11.8 Å². The highest BCUT2D eigenvalue weighted by atomic mass is 16.5. The summed E-state index contributed by atoms with van der Waals surface area (Å²) in [5.74, 6) is 0.638. The van der Waals surface area contributed by atoms with E-state index in [-0.39, 0.29) is 42.0 Å². The van der Waals surface area contributed by atoms with Crippen LogP contribution in [0.25, 0.3) is 11.1 Å². The number of methoxy groups -OCH3 is 1. The number of fused-ring (bicyclic) bond motifs is 3. The number of hydrogen-bond acceptors (Lipinski definition) is 5. The van der Waals surface area contributed by atoms with E-state index in [1.165, 1.54) is 6.42 Å². The zero-order valence-corrected chi connectivity index (χ0v) is 18.7. The van der Waals surface area contributed by atoms with Gasteiger partial charge in [-0.1, -0.05) is 18.2 Å². The minimum atomic E-state index is -0.342. The second-order valence-corrected chi connectivity index (χ2v) is 9.24. The molecule has 5 rings (SSSR count). The van der Waals surface area contributed by atoms with Crippen LogP contribution in [-0.4, -0.2) is 65.3 Å². The van der Waals surface area contributed by atoms with Crippen LogP contribution < -0.4 is 10.3 Å². The highest BCUT2D eigenvalue weighted by Crippen LogP contribution is 2.49. The lowest BCUT2D eigenvalue weighted by atomic mass is 9.88. The number of para-hydroxylation sites is 1. The summed E-state index contributed by atoms with van der Waals surface area (Å²) in [7, 11) is 3.57. The van der Waals surface area contributed by atoms with E-state index in [0.717, 1.165) is 37.2 Å². The fourth-order valence-corrected chi connectivity index (χ4v) is 6.12. The summed E-state index contributed by atoms with van der Waals surface area (Å²) in [5.41, 5.74) is 2.26. The number of benzene rings is 1. The molecule has 0 radical (unpaired) electrons. The lowest BCUT2D eigenvalue weighted by Gasteiger charge is -2.34. The summed E-state index contributed by atoms with van der Waals surface area (Å²) >= 11 is 0. The molecule has 0 unspecified atom stereocenters. The molecule has 0 saturated carbocycles. The van der Waals surface area contributed by atoms with Gasteiger partial charge in [0.15, 0.2) is 0 Å². The maximum absolute atomic E-state index is 13.5. The first kappa shape index (κ1) is 21.2. The number of likely N-dealkylation sites (tertiary alicyclic amines) is 2. The Labute approximate surface area is 188 Å². The first-order valence-electron chi connectivity index (χ1n) is 11.6. The molecular formula is C25H31N3O4. The van der Waals surface area contributed by atoms with Crippen LogP contribution in [0.15, 0.2) is 41.2 Å². The maximum Gasteiger partial charge on any atom is 0.258 e. The zero-order valence-electron chi connectivity index (χ0n) is 18.7. The predicted molar refractivity (Wildman–Crippen MR) is 121 cm³/mol. The van der Waals surface area contributed by atoms with Gasteiger partial charge < -0.3 is 19.3 Å². The van der Waals surface area contributed by atoms with E-state index in [4.69, 9.17) is 4.74 Å². The molecule has 1 N–H and O–H groups in total. The van der Waals surface area contributed by atoms with Gasteiger partial charge in [0.2, 0.25) is 5.91 Å². The second kappa shape index (κ2) is 8.37. The summed E-state index contributed by atoms with van der Waals surface area (Å²) in [5, 5.41) is 10.3. The fraction of sp³-hybridized carbons (Fsp3) is 0.520. The quantitative estimate of drug-likeness (QED) is 0.793.